The van der Waals surface area contributed by atoms with E-state index >= 15 is 0 Å². The molecule has 2 aliphatic rings. The number of sulfonamides is 1. The summed E-state index contributed by atoms with van der Waals surface area (Å²) in [7, 11) is -3.62. The molecule has 0 aromatic heterocycles. The molecule has 22 heavy (non-hydrogen) atoms. The number of fused-ring (bicyclic) bond motifs is 3. The molecule has 2 N–H and O–H groups in total. The molecule has 0 aliphatic carbocycles. The van der Waals surface area contributed by atoms with Gasteiger partial charge in [-0.1, -0.05) is 36.4 Å². The molecule has 2 atom stereocenters. The molecule has 0 spiro atoms. The van der Waals surface area contributed by atoms with Crippen LogP contribution in [0.2, 0.25) is 0 Å². The number of para-hydroxylation sites is 1. The van der Waals surface area contributed by atoms with E-state index in [1.54, 1.807) is 30.3 Å². The molecule has 0 bridgehead atoms. The number of nitrogens with one attached hydrogen (secondary N) is 2. The quantitative estimate of drug-likeness (QED) is 0.909. The summed E-state index contributed by atoms with van der Waals surface area (Å²) in [6, 6.07) is 16.2. The van der Waals surface area contributed by atoms with Crippen LogP contribution in [0.4, 0.5) is 5.69 Å². The van der Waals surface area contributed by atoms with Crippen molar-refractivity contribution in [1.82, 2.24) is 4.72 Å². The average molecular weight is 316 g/mol. The minimum atomic E-state index is -3.62. The van der Waals surface area contributed by atoms with Gasteiger partial charge >= 0.3 is 0 Å². The van der Waals surface area contributed by atoms with E-state index in [1.165, 1.54) is 0 Å². The van der Waals surface area contributed by atoms with Crippen LogP contribution in [-0.4, -0.2) is 21.3 Å². The fraction of sp³-hybridized carbons (Fsp3) is 0.250. The largest absolute Gasteiger partial charge is 0.358 e. The van der Waals surface area contributed by atoms with Gasteiger partial charge in [0, 0.05) is 11.3 Å². The molecule has 2 aliphatic heterocycles. The summed E-state index contributed by atoms with van der Waals surface area (Å²) >= 11 is 0. The van der Waals surface area contributed by atoms with Gasteiger partial charge in [0.25, 0.3) is 0 Å². The second kappa shape index (κ2) is 4.81. The van der Waals surface area contributed by atoms with Crippen molar-refractivity contribution in [3.05, 3.63) is 60.2 Å². The van der Waals surface area contributed by atoms with Crippen molar-refractivity contribution in [2.45, 2.75) is 23.1 Å². The maximum atomic E-state index is 12.7. The summed E-state index contributed by atoms with van der Waals surface area (Å²) in [5, 5.41) is 3.26. The monoisotopic (exact) mass is 316 g/mol. The first-order chi connectivity index (χ1) is 10.6. The van der Waals surface area contributed by atoms with E-state index in [9.17, 15) is 8.42 Å². The minimum absolute atomic E-state index is 0.263. The Morgan fingerprint density at radius 3 is 2.64 bits per heavy atom. The summed E-state index contributed by atoms with van der Waals surface area (Å²) in [5.41, 5.74) is 1.12. The van der Waals surface area contributed by atoms with Gasteiger partial charge in [-0.25, -0.2) is 8.42 Å². The molecule has 6 heteroatoms. The van der Waals surface area contributed by atoms with E-state index in [0.29, 0.717) is 13.0 Å². The maximum Gasteiger partial charge on any atom is 0.241 e. The SMILES string of the molecule is O=S(=O)(N[C@]12CCO[C@H]1Nc1ccccc12)c1ccccc1. The molecule has 0 radical (unpaired) electrons. The Bertz CT molecular complexity index is 807. The molecule has 114 valence electrons. The van der Waals surface area contributed by atoms with Gasteiger partial charge in [-0.15, -0.1) is 0 Å². The Labute approximate surface area is 129 Å². The van der Waals surface area contributed by atoms with E-state index in [2.05, 4.69) is 10.0 Å². The predicted octanol–water partition coefficient (Wildman–Crippen LogP) is 2.03. The fourth-order valence-electron chi connectivity index (χ4n) is 3.25. The van der Waals surface area contributed by atoms with E-state index in [1.807, 2.05) is 24.3 Å². The van der Waals surface area contributed by atoms with Gasteiger partial charge in [0.15, 0.2) is 6.23 Å². The number of benzene rings is 2. The van der Waals surface area contributed by atoms with Crippen LogP contribution < -0.4 is 10.0 Å². The third-order valence-corrected chi connectivity index (χ3v) is 5.82. The van der Waals surface area contributed by atoms with Gasteiger partial charge in [-0.3, -0.25) is 0 Å². The van der Waals surface area contributed by atoms with Crippen molar-refractivity contribution in [2.24, 2.45) is 0 Å². The highest BCUT2D eigenvalue weighted by atomic mass is 32.2. The molecular formula is C16H16N2O3S. The first kappa shape index (κ1) is 13.8. The van der Waals surface area contributed by atoms with Crippen molar-refractivity contribution in [2.75, 3.05) is 11.9 Å². The number of rotatable bonds is 3. The van der Waals surface area contributed by atoms with Crippen LogP contribution in [0.5, 0.6) is 0 Å². The maximum absolute atomic E-state index is 12.7. The third kappa shape index (κ3) is 1.95. The van der Waals surface area contributed by atoms with Crippen LogP contribution in [0.3, 0.4) is 0 Å². The van der Waals surface area contributed by atoms with Crippen LogP contribution in [-0.2, 0) is 20.3 Å². The standard InChI is InChI=1S/C16H16N2O3S/c19-22(20,12-6-2-1-3-7-12)18-16-10-11-21-15(16)17-14-9-5-4-8-13(14)16/h1-9,15,17-18H,10-11H2/t15-,16+/m1/s1. The smallest absolute Gasteiger partial charge is 0.241 e. The van der Waals surface area contributed by atoms with E-state index in [0.717, 1.165) is 11.3 Å². The summed E-state index contributed by atoms with van der Waals surface area (Å²) < 4.78 is 34.1. The van der Waals surface area contributed by atoms with Crippen LogP contribution in [0.1, 0.15) is 12.0 Å². The summed E-state index contributed by atoms with van der Waals surface area (Å²) in [6.45, 7) is 0.517. The highest BCUT2D eigenvalue weighted by molar-refractivity contribution is 7.89. The number of anilines is 1. The lowest BCUT2D eigenvalue weighted by Gasteiger charge is -2.29. The molecule has 2 heterocycles. The Balaban J connectivity index is 1.78. The molecule has 1 saturated heterocycles. The van der Waals surface area contributed by atoms with Gasteiger partial charge in [0.2, 0.25) is 10.0 Å². The second-order valence-electron chi connectivity index (χ2n) is 5.58. The summed E-state index contributed by atoms with van der Waals surface area (Å²) in [4.78, 5) is 0.263. The number of hydrogen-bond acceptors (Lipinski definition) is 4. The first-order valence-corrected chi connectivity index (χ1v) is 8.67. The topological polar surface area (TPSA) is 67.4 Å². The molecule has 2 aromatic rings. The molecule has 5 nitrogen and oxygen atoms in total. The Morgan fingerprint density at radius 2 is 1.82 bits per heavy atom. The van der Waals surface area contributed by atoms with Gasteiger partial charge in [-0.05, 0) is 24.6 Å². The van der Waals surface area contributed by atoms with Crippen LogP contribution in [0, 0.1) is 0 Å². The Hall–Kier alpha value is -1.89. The van der Waals surface area contributed by atoms with Crippen molar-refractivity contribution in [1.29, 1.82) is 0 Å². The van der Waals surface area contributed by atoms with E-state index < -0.39 is 15.6 Å². The second-order valence-corrected chi connectivity index (χ2v) is 7.26. The average Bonchev–Trinajstić information content (AvgIpc) is 3.03. The van der Waals surface area contributed by atoms with Crippen molar-refractivity contribution in [3.63, 3.8) is 0 Å². The third-order valence-electron chi connectivity index (χ3n) is 4.29. The molecule has 4 rings (SSSR count). The van der Waals surface area contributed by atoms with Gasteiger partial charge in [0.1, 0.15) is 5.54 Å². The predicted molar refractivity (Wildman–Crippen MR) is 82.9 cm³/mol. The van der Waals surface area contributed by atoms with Gasteiger partial charge < -0.3 is 10.1 Å². The molecular weight excluding hydrogens is 300 g/mol. The van der Waals surface area contributed by atoms with E-state index in [4.69, 9.17) is 4.74 Å². The highest BCUT2D eigenvalue weighted by Gasteiger charge is 2.53. The normalized spacial score (nSPS) is 26.3. The lowest BCUT2D eigenvalue weighted by atomic mass is 9.90. The zero-order valence-corrected chi connectivity index (χ0v) is 12.6. The van der Waals surface area contributed by atoms with Gasteiger partial charge in [0.05, 0.1) is 11.5 Å². The summed E-state index contributed by atoms with van der Waals surface area (Å²) in [6.07, 6.45) is 0.233. The Kier molecular flexibility index (Phi) is 3.00. The highest BCUT2D eigenvalue weighted by Crippen LogP contribution is 2.46. The van der Waals surface area contributed by atoms with Gasteiger partial charge in [-0.2, -0.15) is 4.72 Å². The van der Waals surface area contributed by atoms with Crippen LogP contribution in [0.15, 0.2) is 59.5 Å². The lowest BCUT2D eigenvalue weighted by molar-refractivity contribution is 0.104. The van der Waals surface area contributed by atoms with E-state index in [-0.39, 0.29) is 11.1 Å². The number of hydrogen-bond donors (Lipinski definition) is 2. The molecule has 2 aromatic carbocycles. The zero-order valence-electron chi connectivity index (χ0n) is 11.8. The van der Waals surface area contributed by atoms with Crippen molar-refractivity contribution < 1.29 is 13.2 Å². The first-order valence-electron chi connectivity index (χ1n) is 7.18. The molecule has 0 amide bonds. The molecule has 1 fully saturated rings. The zero-order chi connectivity index (χ0) is 15.2. The lowest BCUT2D eigenvalue weighted by Crippen LogP contribution is -2.50. The fourth-order valence-corrected chi connectivity index (χ4v) is 4.68. The van der Waals surface area contributed by atoms with Crippen molar-refractivity contribution >= 4 is 15.7 Å². The van der Waals surface area contributed by atoms with Crippen LogP contribution in [0.25, 0.3) is 0 Å². The van der Waals surface area contributed by atoms with Crippen LogP contribution >= 0.6 is 0 Å². The summed E-state index contributed by atoms with van der Waals surface area (Å²) in [5.74, 6) is 0. The Morgan fingerprint density at radius 1 is 1.09 bits per heavy atom. The molecule has 0 unspecified atom stereocenters. The minimum Gasteiger partial charge on any atom is -0.358 e. The van der Waals surface area contributed by atoms with Crippen molar-refractivity contribution in [3.8, 4) is 0 Å². The molecule has 0 saturated carbocycles. The number of ether oxygens (including phenoxy) is 1.